The molecule has 4 amide bonds. The molecule has 8 N–H and O–H groups in total. The molecule has 1 aliphatic heterocycles. The molecule has 0 aliphatic carbocycles. The number of aromatic amines is 2. The average Bonchev–Trinajstić information content (AvgIpc) is 3.78. The predicted octanol–water partition coefficient (Wildman–Crippen LogP) is 4.52. The first-order valence-electron chi connectivity index (χ1n) is 18.1. The fourth-order valence-electron chi connectivity index (χ4n) is 7.11. The molecule has 0 saturated heterocycles. The number of primary amides is 1. The first-order chi connectivity index (χ1) is 26.2. The Morgan fingerprint density at radius 1 is 0.852 bits per heavy atom. The van der Waals surface area contributed by atoms with Crippen molar-refractivity contribution >= 4 is 51.5 Å². The van der Waals surface area contributed by atoms with Gasteiger partial charge in [-0.1, -0.05) is 84.9 Å². The van der Waals surface area contributed by atoms with E-state index in [0.717, 1.165) is 49.6 Å². The minimum absolute atomic E-state index is 0.0650. The molecule has 0 unspecified atom stereocenters. The first kappa shape index (κ1) is 35.8. The highest BCUT2D eigenvalue weighted by Crippen LogP contribution is 2.25. The number of hydrogen-bond donors (Lipinski definition) is 7. The Kier molecular flexibility index (Phi) is 10.6. The molecule has 0 saturated carbocycles. The molecule has 6 aromatic rings. The molecule has 7 rings (SSSR count). The lowest BCUT2D eigenvalue weighted by Gasteiger charge is -2.25. The summed E-state index contributed by atoms with van der Waals surface area (Å²) >= 11 is 0. The predicted molar refractivity (Wildman–Crippen MR) is 208 cm³/mol. The summed E-state index contributed by atoms with van der Waals surface area (Å²) in [6, 6.07) is 24.7. The number of allylic oxidation sites excluding steroid dienone is 1. The van der Waals surface area contributed by atoms with E-state index in [1.165, 1.54) is 12.1 Å². The molecule has 0 spiro atoms. The molecule has 54 heavy (non-hydrogen) atoms. The van der Waals surface area contributed by atoms with Gasteiger partial charge in [0.05, 0.1) is 0 Å². The number of aryl methyl sites for hydroxylation is 1. The van der Waals surface area contributed by atoms with E-state index in [4.69, 9.17) is 5.73 Å². The number of phenolic OH excluding ortho intramolecular Hbond substituents is 1. The lowest BCUT2D eigenvalue weighted by Crippen LogP contribution is -2.57. The van der Waals surface area contributed by atoms with E-state index < -0.39 is 35.8 Å². The molecule has 274 valence electrons. The minimum Gasteiger partial charge on any atom is -0.508 e. The Hall–Kier alpha value is -6.62. The van der Waals surface area contributed by atoms with E-state index in [1.54, 1.807) is 12.1 Å². The highest BCUT2D eigenvalue weighted by atomic mass is 16.3. The topological polar surface area (TPSA) is 182 Å². The van der Waals surface area contributed by atoms with E-state index in [2.05, 4.69) is 44.1 Å². The highest BCUT2D eigenvalue weighted by molar-refractivity contribution is 5.96. The van der Waals surface area contributed by atoms with Gasteiger partial charge in [-0.25, -0.2) is 0 Å². The third-order valence-electron chi connectivity index (χ3n) is 9.97. The van der Waals surface area contributed by atoms with Gasteiger partial charge in [0.1, 0.15) is 23.9 Å². The van der Waals surface area contributed by atoms with Gasteiger partial charge in [-0.05, 0) is 64.4 Å². The number of carbonyl (C=O) groups excluding carboxylic acids is 4. The fourth-order valence-corrected chi connectivity index (χ4v) is 7.11. The number of benzene rings is 4. The van der Waals surface area contributed by atoms with E-state index in [0.29, 0.717) is 18.4 Å². The molecule has 2 aromatic heterocycles. The molecule has 3 heterocycles. The lowest BCUT2D eigenvalue weighted by molar-refractivity contribution is -0.133. The fraction of sp³-hybridized carbons (Fsp3) is 0.209. The van der Waals surface area contributed by atoms with Crippen molar-refractivity contribution in [2.45, 2.75) is 56.7 Å². The maximum absolute atomic E-state index is 14.4. The Balaban J connectivity index is 1.24. The minimum atomic E-state index is -1.15. The summed E-state index contributed by atoms with van der Waals surface area (Å²) in [7, 11) is 0. The number of rotatable bonds is 7. The van der Waals surface area contributed by atoms with Crippen LogP contribution in [0.15, 0.2) is 109 Å². The maximum Gasteiger partial charge on any atom is 0.243 e. The summed E-state index contributed by atoms with van der Waals surface area (Å²) in [6.45, 7) is 0. The number of phenols is 1. The van der Waals surface area contributed by atoms with E-state index >= 15 is 0 Å². The highest BCUT2D eigenvalue weighted by Gasteiger charge is 2.31. The second-order valence-electron chi connectivity index (χ2n) is 13.8. The zero-order chi connectivity index (χ0) is 37.6. The van der Waals surface area contributed by atoms with Crippen molar-refractivity contribution in [2.24, 2.45) is 5.73 Å². The number of hydrogen-bond acceptors (Lipinski definition) is 5. The van der Waals surface area contributed by atoms with Crippen LogP contribution in [0.4, 0.5) is 0 Å². The summed E-state index contributed by atoms with van der Waals surface area (Å²) < 4.78 is 0. The van der Waals surface area contributed by atoms with Gasteiger partial charge >= 0.3 is 0 Å². The van der Waals surface area contributed by atoms with Crippen LogP contribution in [0.3, 0.4) is 0 Å². The molecule has 0 radical (unpaired) electrons. The standard InChI is InChI=1S/C43H42N6O5/c44-41(52)36(21-28-14-17-32(50)18-15-28)48-43(54)38-23-31-25-46-40-29(10-5-12-34(31)40)9-4-8-26-6-3-7-27(20-26)16-19-39(51)47-37(42(53)49-38)22-30-24-45-35-13-2-1-11-33(30)35/h1-8,10-15,17-18,20,24-25,36-38,45-46,50H,9,16,19,21-23H2,(H2,44,52)(H,47,51)(H,48,54)(H,49,53)/b8-4-/t36-,37-,38-/m0/s1. The molecule has 6 bridgehead atoms. The number of para-hydroxylation sites is 2. The number of nitrogens with two attached hydrogens (primary N) is 1. The van der Waals surface area contributed by atoms with Gasteiger partial charge in [0.2, 0.25) is 23.6 Å². The number of nitrogens with one attached hydrogen (secondary N) is 5. The Labute approximate surface area is 312 Å². The van der Waals surface area contributed by atoms with Crippen LogP contribution in [-0.4, -0.2) is 56.8 Å². The molecule has 0 fully saturated rings. The third kappa shape index (κ3) is 8.36. The van der Waals surface area contributed by atoms with Crippen LogP contribution >= 0.6 is 0 Å². The second kappa shape index (κ2) is 16.0. The summed E-state index contributed by atoms with van der Waals surface area (Å²) in [6.07, 6.45) is 9.42. The van der Waals surface area contributed by atoms with Crippen LogP contribution in [-0.2, 0) is 51.3 Å². The molecule has 1 aliphatic rings. The smallest absolute Gasteiger partial charge is 0.243 e. The molecule has 11 heteroatoms. The molecular formula is C43H42N6O5. The van der Waals surface area contributed by atoms with Gasteiger partial charge in [-0.15, -0.1) is 0 Å². The van der Waals surface area contributed by atoms with Crippen LogP contribution in [0, 0.1) is 0 Å². The van der Waals surface area contributed by atoms with Crippen LogP contribution < -0.4 is 21.7 Å². The van der Waals surface area contributed by atoms with E-state index in [-0.39, 0.29) is 37.3 Å². The van der Waals surface area contributed by atoms with E-state index in [1.807, 2.05) is 73.1 Å². The monoisotopic (exact) mass is 722 g/mol. The summed E-state index contributed by atoms with van der Waals surface area (Å²) in [5.74, 6) is -2.15. The summed E-state index contributed by atoms with van der Waals surface area (Å²) in [4.78, 5) is 61.4. The zero-order valence-electron chi connectivity index (χ0n) is 29.6. The summed E-state index contributed by atoms with van der Waals surface area (Å²) in [5, 5.41) is 20.2. The molecule has 11 nitrogen and oxygen atoms in total. The number of fused-ring (bicyclic) bond motifs is 3. The SMILES string of the molecule is NC(=O)[C@H](Cc1ccc(O)cc1)NC(=O)[C@@H]1Cc2c[nH]c3c(cccc23)C/C=C\c2cccc(c2)CCC(=O)N[C@@H](Cc2c[nH]c3ccccc23)C(=O)N1. The number of carbonyl (C=O) groups is 4. The van der Waals surface area contributed by atoms with Crippen LogP contribution in [0.2, 0.25) is 0 Å². The van der Waals surface area contributed by atoms with Crippen molar-refractivity contribution in [1.82, 2.24) is 25.9 Å². The van der Waals surface area contributed by atoms with Crippen molar-refractivity contribution < 1.29 is 24.3 Å². The number of aromatic hydroxyl groups is 1. The number of aromatic nitrogens is 2. The average molecular weight is 723 g/mol. The van der Waals surface area contributed by atoms with Crippen molar-refractivity contribution in [3.05, 3.63) is 143 Å². The number of amides is 4. The lowest BCUT2D eigenvalue weighted by atomic mass is 9.99. The summed E-state index contributed by atoms with van der Waals surface area (Å²) in [5.41, 5.74) is 12.9. The third-order valence-corrected chi connectivity index (χ3v) is 9.97. The Morgan fingerprint density at radius 3 is 2.48 bits per heavy atom. The molecule has 4 aromatic carbocycles. The second-order valence-corrected chi connectivity index (χ2v) is 13.8. The van der Waals surface area contributed by atoms with Crippen LogP contribution in [0.1, 0.15) is 39.8 Å². The van der Waals surface area contributed by atoms with Crippen molar-refractivity contribution in [3.8, 4) is 5.75 Å². The van der Waals surface area contributed by atoms with E-state index in [9.17, 15) is 24.3 Å². The molecule has 3 atom stereocenters. The van der Waals surface area contributed by atoms with Crippen molar-refractivity contribution in [1.29, 1.82) is 0 Å². The zero-order valence-corrected chi connectivity index (χ0v) is 29.6. The van der Waals surface area contributed by atoms with Gasteiger partial charge in [0.15, 0.2) is 0 Å². The Morgan fingerprint density at radius 2 is 1.65 bits per heavy atom. The van der Waals surface area contributed by atoms with Crippen LogP contribution in [0.5, 0.6) is 5.75 Å². The normalized spacial score (nSPS) is 17.9. The maximum atomic E-state index is 14.4. The quantitative estimate of drug-likeness (QED) is 0.128. The van der Waals surface area contributed by atoms with Crippen molar-refractivity contribution in [2.75, 3.05) is 0 Å². The van der Waals surface area contributed by atoms with Gasteiger partial charge in [0, 0.05) is 59.9 Å². The first-order valence-corrected chi connectivity index (χ1v) is 18.1. The van der Waals surface area contributed by atoms with Gasteiger partial charge in [0.25, 0.3) is 0 Å². The van der Waals surface area contributed by atoms with Gasteiger partial charge < -0.3 is 36.8 Å². The van der Waals surface area contributed by atoms with Gasteiger partial charge in [-0.2, -0.15) is 0 Å². The molecular weight excluding hydrogens is 681 g/mol. The number of H-pyrrole nitrogens is 2. The van der Waals surface area contributed by atoms with Gasteiger partial charge in [-0.3, -0.25) is 19.2 Å². The Bertz CT molecular complexity index is 2360. The largest absolute Gasteiger partial charge is 0.508 e. The van der Waals surface area contributed by atoms with Crippen LogP contribution in [0.25, 0.3) is 27.9 Å². The van der Waals surface area contributed by atoms with Crippen molar-refractivity contribution in [3.63, 3.8) is 0 Å².